The summed E-state index contributed by atoms with van der Waals surface area (Å²) < 4.78 is 0.634. The Morgan fingerprint density at radius 3 is 3.16 bits per heavy atom. The second kappa shape index (κ2) is 5.20. The van der Waals surface area contributed by atoms with Crippen molar-refractivity contribution >= 4 is 40.2 Å². The Bertz CT molecular complexity index is 610. The molecular weight excluding hydrogens is 304 g/mol. The lowest BCUT2D eigenvalue weighted by Crippen LogP contribution is -2.38. The van der Waals surface area contributed by atoms with Crippen LogP contribution in [0.2, 0.25) is 4.34 Å². The maximum Gasteiger partial charge on any atom is 0.325 e. The van der Waals surface area contributed by atoms with Crippen LogP contribution in [0, 0.1) is 0 Å². The van der Waals surface area contributed by atoms with Gasteiger partial charge in [-0.1, -0.05) is 11.6 Å². The largest absolute Gasteiger partial charge is 0.480 e. The van der Waals surface area contributed by atoms with Crippen molar-refractivity contribution in [3.63, 3.8) is 0 Å². The first kappa shape index (κ1) is 13.1. The van der Waals surface area contributed by atoms with Crippen LogP contribution >= 0.6 is 34.3 Å². The van der Waals surface area contributed by atoms with Gasteiger partial charge >= 0.3 is 5.97 Å². The summed E-state index contributed by atoms with van der Waals surface area (Å²) in [5, 5.41) is 12.3. The number of thiophene rings is 1. The number of aliphatic carboxylic acids is 1. The van der Waals surface area contributed by atoms with E-state index in [9.17, 15) is 9.90 Å². The fraction of sp³-hybridized carbons (Fsp3) is 0.333. The highest BCUT2D eigenvalue weighted by Crippen LogP contribution is 2.34. The first-order chi connectivity index (χ1) is 9.15. The smallest absolute Gasteiger partial charge is 0.325 e. The van der Waals surface area contributed by atoms with Crippen LogP contribution < -0.4 is 0 Å². The van der Waals surface area contributed by atoms with Crippen LogP contribution in [-0.4, -0.2) is 27.5 Å². The molecule has 1 aliphatic heterocycles. The molecule has 1 atom stereocenters. The van der Waals surface area contributed by atoms with Crippen molar-refractivity contribution in [2.24, 2.45) is 0 Å². The molecule has 1 N–H and O–H groups in total. The molecule has 2 aromatic rings. The fourth-order valence-corrected chi connectivity index (χ4v) is 4.25. The standard InChI is InChI=1S/C12H11ClN2O2S2/c13-9-5-14-10(19-9)6-15-3-1-8-7(2-4-18-8)11(15)12(16)17/h2,4-5,11H,1,3,6H2,(H,16,17). The minimum absolute atomic E-state index is 0.531. The molecule has 0 saturated carbocycles. The van der Waals surface area contributed by atoms with Crippen LogP contribution in [0.4, 0.5) is 0 Å². The average Bonchev–Trinajstić information content (AvgIpc) is 2.97. The van der Waals surface area contributed by atoms with E-state index in [0.717, 1.165) is 23.5 Å². The zero-order valence-corrected chi connectivity index (χ0v) is 12.3. The maximum absolute atomic E-state index is 11.5. The van der Waals surface area contributed by atoms with Gasteiger partial charge in [0.25, 0.3) is 0 Å². The van der Waals surface area contributed by atoms with Crippen LogP contribution in [0.3, 0.4) is 0 Å². The molecule has 0 aromatic carbocycles. The average molecular weight is 315 g/mol. The van der Waals surface area contributed by atoms with Gasteiger partial charge in [0, 0.05) is 11.4 Å². The molecule has 0 aliphatic carbocycles. The Morgan fingerprint density at radius 1 is 1.63 bits per heavy atom. The summed E-state index contributed by atoms with van der Waals surface area (Å²) in [5.74, 6) is -0.804. The third-order valence-corrected chi connectivity index (χ3v) is 5.26. The minimum atomic E-state index is -0.804. The number of carboxylic acid groups (broad SMARTS) is 1. The van der Waals surface area contributed by atoms with Crippen molar-refractivity contribution in [2.45, 2.75) is 19.0 Å². The maximum atomic E-state index is 11.5. The quantitative estimate of drug-likeness (QED) is 0.946. The molecular formula is C12H11ClN2O2S2. The number of halogens is 1. The van der Waals surface area contributed by atoms with Crippen molar-refractivity contribution in [2.75, 3.05) is 6.54 Å². The molecule has 2 aromatic heterocycles. The van der Waals surface area contributed by atoms with Gasteiger partial charge in [0.15, 0.2) is 0 Å². The number of thiazole rings is 1. The van der Waals surface area contributed by atoms with E-state index in [2.05, 4.69) is 4.98 Å². The first-order valence-corrected chi connectivity index (χ1v) is 7.86. The molecule has 1 aliphatic rings. The predicted octanol–water partition coefficient (Wildman–Crippen LogP) is 3.04. The number of rotatable bonds is 3. The highest BCUT2D eigenvalue weighted by Gasteiger charge is 2.33. The molecule has 0 amide bonds. The van der Waals surface area contributed by atoms with Crippen molar-refractivity contribution in [3.05, 3.63) is 37.4 Å². The third-order valence-electron chi connectivity index (χ3n) is 3.16. The number of nitrogens with zero attached hydrogens (tertiary/aromatic N) is 2. The summed E-state index contributed by atoms with van der Waals surface area (Å²) in [5.41, 5.74) is 0.923. The van der Waals surface area contributed by atoms with E-state index in [1.165, 1.54) is 16.2 Å². The van der Waals surface area contributed by atoms with Crippen molar-refractivity contribution in [1.82, 2.24) is 9.88 Å². The summed E-state index contributed by atoms with van der Waals surface area (Å²) in [6, 6.07) is 1.34. The van der Waals surface area contributed by atoms with E-state index in [0.29, 0.717) is 10.9 Å². The summed E-state index contributed by atoms with van der Waals surface area (Å²) in [4.78, 5) is 18.9. The summed E-state index contributed by atoms with van der Waals surface area (Å²) >= 11 is 8.90. The van der Waals surface area contributed by atoms with E-state index in [4.69, 9.17) is 11.6 Å². The molecule has 0 spiro atoms. The Kier molecular flexibility index (Phi) is 3.58. The Morgan fingerprint density at radius 2 is 2.47 bits per heavy atom. The second-order valence-electron chi connectivity index (χ2n) is 4.32. The summed E-state index contributed by atoms with van der Waals surface area (Å²) in [6.45, 7) is 1.27. The molecule has 4 nitrogen and oxygen atoms in total. The first-order valence-electron chi connectivity index (χ1n) is 5.78. The normalized spacial score (nSPS) is 19.3. The third kappa shape index (κ3) is 2.53. The molecule has 0 fully saturated rings. The molecule has 3 heterocycles. The van der Waals surface area contributed by atoms with Gasteiger partial charge in [0.1, 0.15) is 15.4 Å². The Hall–Kier alpha value is -0.950. The van der Waals surface area contributed by atoms with E-state index < -0.39 is 12.0 Å². The number of hydrogen-bond acceptors (Lipinski definition) is 5. The SMILES string of the molecule is O=C(O)C1c2ccsc2CCN1Cc1ncc(Cl)s1. The molecule has 19 heavy (non-hydrogen) atoms. The molecule has 0 bridgehead atoms. The zero-order valence-electron chi connectivity index (χ0n) is 9.88. The molecule has 0 saturated heterocycles. The zero-order chi connectivity index (χ0) is 13.4. The van der Waals surface area contributed by atoms with Gasteiger partial charge in [0.2, 0.25) is 0 Å². The highest BCUT2D eigenvalue weighted by molar-refractivity contribution is 7.15. The van der Waals surface area contributed by atoms with E-state index in [-0.39, 0.29) is 0 Å². The van der Waals surface area contributed by atoms with Gasteiger partial charge in [-0.25, -0.2) is 4.98 Å². The van der Waals surface area contributed by atoms with Gasteiger partial charge < -0.3 is 5.11 Å². The number of carboxylic acids is 1. The Labute approximate surface area is 123 Å². The van der Waals surface area contributed by atoms with Crippen molar-refractivity contribution in [3.8, 4) is 0 Å². The molecule has 7 heteroatoms. The number of fused-ring (bicyclic) bond motifs is 1. The van der Waals surface area contributed by atoms with Gasteiger partial charge in [-0.15, -0.1) is 22.7 Å². The fourth-order valence-electron chi connectivity index (χ4n) is 2.36. The van der Waals surface area contributed by atoms with E-state index in [1.54, 1.807) is 17.5 Å². The van der Waals surface area contributed by atoms with Crippen LogP contribution in [0.25, 0.3) is 0 Å². The number of carbonyl (C=O) groups is 1. The van der Waals surface area contributed by atoms with Crippen molar-refractivity contribution in [1.29, 1.82) is 0 Å². The van der Waals surface area contributed by atoms with Gasteiger partial charge in [0.05, 0.1) is 12.7 Å². The van der Waals surface area contributed by atoms with E-state index in [1.807, 2.05) is 16.3 Å². The van der Waals surface area contributed by atoms with Gasteiger partial charge in [-0.3, -0.25) is 9.69 Å². The van der Waals surface area contributed by atoms with Gasteiger partial charge in [-0.05, 0) is 23.4 Å². The number of aromatic nitrogens is 1. The van der Waals surface area contributed by atoms with Crippen LogP contribution in [0.1, 0.15) is 21.5 Å². The van der Waals surface area contributed by atoms with Gasteiger partial charge in [-0.2, -0.15) is 0 Å². The second-order valence-corrected chi connectivity index (χ2v) is 7.07. The summed E-state index contributed by atoms with van der Waals surface area (Å²) in [6.07, 6.45) is 2.51. The lowest BCUT2D eigenvalue weighted by molar-refractivity contribution is -0.144. The number of hydrogen-bond donors (Lipinski definition) is 1. The Balaban J connectivity index is 1.87. The molecule has 0 radical (unpaired) electrons. The summed E-state index contributed by atoms with van der Waals surface area (Å²) in [7, 11) is 0. The monoisotopic (exact) mass is 314 g/mol. The minimum Gasteiger partial charge on any atom is -0.480 e. The van der Waals surface area contributed by atoms with Crippen LogP contribution in [0.15, 0.2) is 17.6 Å². The molecule has 1 unspecified atom stereocenters. The van der Waals surface area contributed by atoms with Crippen molar-refractivity contribution < 1.29 is 9.90 Å². The lowest BCUT2D eigenvalue weighted by Gasteiger charge is -2.32. The van der Waals surface area contributed by atoms with Crippen LogP contribution in [-0.2, 0) is 17.8 Å². The predicted molar refractivity (Wildman–Crippen MR) is 75.9 cm³/mol. The van der Waals surface area contributed by atoms with E-state index >= 15 is 0 Å². The van der Waals surface area contributed by atoms with Crippen LogP contribution in [0.5, 0.6) is 0 Å². The lowest BCUT2D eigenvalue weighted by atomic mass is 10.0. The topological polar surface area (TPSA) is 53.4 Å². The molecule has 3 rings (SSSR count). The molecule has 100 valence electrons. The highest BCUT2D eigenvalue weighted by atomic mass is 35.5.